The number of halogens is 2. The zero-order valence-electron chi connectivity index (χ0n) is 20.3. The van der Waals surface area contributed by atoms with Gasteiger partial charge in [-0.15, -0.1) is 0 Å². The SMILES string of the molecule is CC(C)c1cc(N(C)c2nc(-c3ccc(F)cc3)c(C#N)s2)c2cc(N3CCNCC3)cc(F)c2n1. The number of nitrogens with one attached hydrogen (secondary N) is 1. The summed E-state index contributed by atoms with van der Waals surface area (Å²) in [5.74, 6) is -0.617. The van der Waals surface area contributed by atoms with Crippen LogP contribution in [0.1, 0.15) is 30.3 Å². The van der Waals surface area contributed by atoms with Gasteiger partial charge in [0.2, 0.25) is 0 Å². The second kappa shape index (κ2) is 9.80. The lowest BCUT2D eigenvalue weighted by molar-refractivity contribution is 0.586. The number of piperazine rings is 1. The zero-order valence-corrected chi connectivity index (χ0v) is 21.2. The first-order chi connectivity index (χ1) is 17.4. The molecule has 3 heterocycles. The first kappa shape index (κ1) is 24.1. The van der Waals surface area contributed by atoms with Crippen LogP contribution in [-0.4, -0.2) is 43.2 Å². The summed E-state index contributed by atoms with van der Waals surface area (Å²) in [5, 5.41) is 14.4. The summed E-state index contributed by atoms with van der Waals surface area (Å²) < 4.78 is 28.9. The number of thiazole rings is 1. The number of nitrogens with zero attached hydrogens (tertiary/aromatic N) is 5. The number of pyridine rings is 1. The van der Waals surface area contributed by atoms with Crippen LogP contribution in [0.25, 0.3) is 22.2 Å². The highest BCUT2D eigenvalue weighted by atomic mass is 32.1. The van der Waals surface area contributed by atoms with Gasteiger partial charge in [-0.3, -0.25) is 0 Å². The Hall–Kier alpha value is -3.61. The van der Waals surface area contributed by atoms with Gasteiger partial charge < -0.3 is 15.1 Å². The van der Waals surface area contributed by atoms with Gasteiger partial charge in [-0.2, -0.15) is 5.26 Å². The van der Waals surface area contributed by atoms with Crippen molar-refractivity contribution >= 4 is 38.7 Å². The van der Waals surface area contributed by atoms with E-state index in [-0.39, 0.29) is 17.6 Å². The molecule has 1 N–H and O–H groups in total. The number of aromatic nitrogens is 2. The lowest BCUT2D eigenvalue weighted by Gasteiger charge is -2.30. The molecule has 0 spiro atoms. The van der Waals surface area contributed by atoms with Crippen LogP contribution < -0.4 is 15.1 Å². The van der Waals surface area contributed by atoms with Crippen molar-refractivity contribution in [1.29, 1.82) is 5.26 Å². The molecule has 1 saturated heterocycles. The number of rotatable bonds is 5. The largest absolute Gasteiger partial charge is 0.369 e. The highest BCUT2D eigenvalue weighted by molar-refractivity contribution is 7.16. The van der Waals surface area contributed by atoms with Crippen LogP contribution in [0.5, 0.6) is 0 Å². The fraction of sp³-hybridized carbons (Fsp3) is 0.296. The highest BCUT2D eigenvalue weighted by Crippen LogP contribution is 2.40. The van der Waals surface area contributed by atoms with E-state index in [2.05, 4.69) is 21.3 Å². The van der Waals surface area contributed by atoms with Gasteiger partial charge in [0.05, 0.1) is 5.69 Å². The molecule has 0 amide bonds. The van der Waals surface area contributed by atoms with Crippen LogP contribution in [0.15, 0.2) is 42.5 Å². The molecule has 36 heavy (non-hydrogen) atoms. The van der Waals surface area contributed by atoms with Crippen molar-refractivity contribution in [2.24, 2.45) is 0 Å². The number of hydrogen-bond acceptors (Lipinski definition) is 7. The molecule has 4 aromatic rings. The Balaban J connectivity index is 1.65. The number of hydrogen-bond donors (Lipinski definition) is 1. The maximum Gasteiger partial charge on any atom is 0.191 e. The van der Waals surface area contributed by atoms with Gasteiger partial charge in [0, 0.05) is 55.6 Å². The third-order valence-corrected chi connectivity index (χ3v) is 7.44. The Morgan fingerprint density at radius 3 is 2.47 bits per heavy atom. The molecular weight excluding hydrogens is 478 g/mol. The van der Waals surface area contributed by atoms with E-state index in [4.69, 9.17) is 4.98 Å². The van der Waals surface area contributed by atoms with Gasteiger partial charge in [0.15, 0.2) is 10.9 Å². The quantitative estimate of drug-likeness (QED) is 0.370. The van der Waals surface area contributed by atoms with Gasteiger partial charge in [0.1, 0.15) is 28.0 Å². The van der Waals surface area contributed by atoms with E-state index < -0.39 is 0 Å². The van der Waals surface area contributed by atoms with Gasteiger partial charge in [-0.25, -0.2) is 18.7 Å². The second-order valence-electron chi connectivity index (χ2n) is 9.13. The molecule has 1 aliphatic heterocycles. The first-order valence-electron chi connectivity index (χ1n) is 11.9. The van der Waals surface area contributed by atoms with Crippen molar-refractivity contribution in [2.75, 3.05) is 43.0 Å². The van der Waals surface area contributed by atoms with Crippen molar-refractivity contribution in [2.45, 2.75) is 19.8 Å². The summed E-state index contributed by atoms with van der Waals surface area (Å²) in [5.41, 5.74) is 3.84. The van der Waals surface area contributed by atoms with Crippen LogP contribution in [0.4, 0.5) is 25.3 Å². The first-order valence-corrected chi connectivity index (χ1v) is 12.7. The molecule has 1 aliphatic rings. The van der Waals surface area contributed by atoms with Crippen LogP contribution in [-0.2, 0) is 0 Å². The number of fused-ring (bicyclic) bond motifs is 1. The van der Waals surface area contributed by atoms with E-state index >= 15 is 4.39 Å². The smallest absolute Gasteiger partial charge is 0.191 e. The maximum atomic E-state index is 15.5. The van der Waals surface area contributed by atoms with Gasteiger partial charge >= 0.3 is 0 Å². The van der Waals surface area contributed by atoms with E-state index in [0.29, 0.717) is 32.2 Å². The minimum atomic E-state index is -0.359. The van der Waals surface area contributed by atoms with E-state index in [0.717, 1.165) is 43.2 Å². The number of benzene rings is 2. The summed E-state index contributed by atoms with van der Waals surface area (Å²) >= 11 is 1.25. The summed E-state index contributed by atoms with van der Waals surface area (Å²) in [6.45, 7) is 7.33. The Bertz CT molecular complexity index is 1450. The van der Waals surface area contributed by atoms with Gasteiger partial charge in [-0.1, -0.05) is 25.2 Å². The van der Waals surface area contributed by atoms with E-state index in [9.17, 15) is 9.65 Å². The van der Waals surface area contributed by atoms with Crippen molar-refractivity contribution in [3.05, 3.63) is 64.7 Å². The van der Waals surface area contributed by atoms with Crippen LogP contribution in [0, 0.1) is 23.0 Å². The number of anilines is 3. The van der Waals surface area contributed by atoms with Crippen molar-refractivity contribution < 1.29 is 8.78 Å². The summed E-state index contributed by atoms with van der Waals surface area (Å²) in [6, 6.07) is 13.7. The van der Waals surface area contributed by atoms with Crippen molar-refractivity contribution in [3.63, 3.8) is 0 Å². The van der Waals surface area contributed by atoms with Crippen molar-refractivity contribution in [1.82, 2.24) is 15.3 Å². The van der Waals surface area contributed by atoms with Gasteiger partial charge in [-0.05, 0) is 48.4 Å². The molecule has 0 radical (unpaired) electrons. The minimum Gasteiger partial charge on any atom is -0.369 e. The normalized spacial score (nSPS) is 13.9. The molecule has 2 aromatic heterocycles. The average Bonchev–Trinajstić information content (AvgIpc) is 3.33. The summed E-state index contributed by atoms with van der Waals surface area (Å²) in [4.78, 5) is 13.9. The molecule has 2 aromatic carbocycles. The monoisotopic (exact) mass is 504 g/mol. The summed E-state index contributed by atoms with van der Waals surface area (Å²) in [7, 11) is 1.86. The minimum absolute atomic E-state index is 0.0922. The summed E-state index contributed by atoms with van der Waals surface area (Å²) in [6.07, 6.45) is 0. The number of nitriles is 1. The Morgan fingerprint density at radius 1 is 1.08 bits per heavy atom. The molecule has 0 atom stereocenters. The Kier molecular flexibility index (Phi) is 6.56. The zero-order chi connectivity index (χ0) is 25.4. The van der Waals surface area contributed by atoms with E-state index in [1.165, 1.54) is 23.5 Å². The standard InChI is InChI=1S/C27H26F2N6S/c1-16(2)22-14-23(20-12-19(13-21(29)26(20)32-22)35-10-8-31-9-11-35)34(3)27-33-25(24(15-30)36-27)17-4-6-18(28)7-5-17/h4-7,12-14,16,31H,8-11H2,1-3H3. The molecule has 6 nitrogen and oxygen atoms in total. The van der Waals surface area contributed by atoms with Crippen LogP contribution in [0.3, 0.4) is 0 Å². The van der Waals surface area contributed by atoms with E-state index in [1.54, 1.807) is 18.2 Å². The molecule has 1 fully saturated rings. The molecule has 0 saturated carbocycles. The van der Waals surface area contributed by atoms with Crippen molar-refractivity contribution in [3.8, 4) is 17.3 Å². The third kappa shape index (κ3) is 4.50. The third-order valence-electron chi connectivity index (χ3n) is 6.41. The average molecular weight is 505 g/mol. The Morgan fingerprint density at radius 2 is 1.81 bits per heavy atom. The second-order valence-corrected chi connectivity index (χ2v) is 10.1. The molecular formula is C27H26F2N6S. The molecule has 0 unspecified atom stereocenters. The molecule has 5 rings (SSSR count). The lowest BCUT2D eigenvalue weighted by Crippen LogP contribution is -2.43. The van der Waals surface area contributed by atoms with E-state index in [1.807, 2.05) is 37.9 Å². The predicted molar refractivity (Wildman–Crippen MR) is 141 cm³/mol. The molecule has 0 bridgehead atoms. The van der Waals surface area contributed by atoms with Crippen LogP contribution >= 0.6 is 11.3 Å². The maximum absolute atomic E-state index is 15.5. The molecule has 184 valence electrons. The Labute approximate surface area is 212 Å². The molecule has 9 heteroatoms. The fourth-order valence-corrected chi connectivity index (χ4v) is 5.25. The fourth-order valence-electron chi connectivity index (χ4n) is 4.39. The topological polar surface area (TPSA) is 68.1 Å². The van der Waals surface area contributed by atoms with Crippen LogP contribution in [0.2, 0.25) is 0 Å². The molecule has 0 aliphatic carbocycles. The highest BCUT2D eigenvalue weighted by Gasteiger charge is 2.22. The lowest BCUT2D eigenvalue weighted by atomic mass is 10.0. The predicted octanol–water partition coefficient (Wildman–Crippen LogP) is 5.81. The van der Waals surface area contributed by atoms with Gasteiger partial charge in [0.25, 0.3) is 0 Å².